The molecule has 2 nitrogen and oxygen atoms in total. The lowest BCUT2D eigenvalue weighted by Crippen LogP contribution is -2.17. The second kappa shape index (κ2) is 6.12. The average Bonchev–Trinajstić information content (AvgIpc) is 2.70. The Morgan fingerprint density at radius 2 is 2.06 bits per heavy atom. The van der Waals surface area contributed by atoms with Crippen LogP contribution in [0.3, 0.4) is 0 Å². The smallest absolute Gasteiger partial charge is 0.0390 e. The molecule has 0 amide bonds. The van der Waals surface area contributed by atoms with Gasteiger partial charge in [-0.15, -0.1) is 12.4 Å². The lowest BCUT2D eigenvalue weighted by molar-refractivity contribution is 0.648. The van der Waals surface area contributed by atoms with Crippen molar-refractivity contribution >= 4 is 18.1 Å². The highest BCUT2D eigenvalue weighted by atomic mass is 35.5. The van der Waals surface area contributed by atoms with Crippen molar-refractivity contribution in [2.24, 2.45) is 0 Å². The topological polar surface area (TPSA) is 24.1 Å². The molecule has 16 heavy (non-hydrogen) atoms. The molecule has 1 aromatic carbocycles. The van der Waals surface area contributed by atoms with Gasteiger partial charge in [-0.25, -0.2) is 0 Å². The van der Waals surface area contributed by atoms with Crippen molar-refractivity contribution in [1.82, 2.24) is 5.32 Å². The van der Waals surface area contributed by atoms with E-state index in [1.54, 1.807) is 0 Å². The minimum Gasteiger partial charge on any atom is -0.383 e. The molecule has 1 aliphatic rings. The summed E-state index contributed by atoms with van der Waals surface area (Å²) in [5, 5.41) is 7.06. The number of anilines is 1. The Bertz CT molecular complexity index is 319. The fourth-order valence-electron chi connectivity index (χ4n) is 2.19. The van der Waals surface area contributed by atoms with E-state index in [1.165, 1.54) is 24.1 Å². The highest BCUT2D eigenvalue weighted by Gasteiger charge is 2.18. The van der Waals surface area contributed by atoms with Gasteiger partial charge in [0.05, 0.1) is 0 Å². The summed E-state index contributed by atoms with van der Waals surface area (Å²) >= 11 is 0. The summed E-state index contributed by atoms with van der Waals surface area (Å²) in [4.78, 5) is 0. The van der Waals surface area contributed by atoms with E-state index in [4.69, 9.17) is 0 Å². The molecule has 0 spiro atoms. The van der Waals surface area contributed by atoms with E-state index in [1.807, 2.05) is 0 Å². The molecule has 1 fully saturated rings. The minimum absolute atomic E-state index is 0. The number of benzene rings is 1. The number of halogens is 1. The van der Waals surface area contributed by atoms with Crippen LogP contribution < -0.4 is 10.6 Å². The van der Waals surface area contributed by atoms with Crippen LogP contribution in [0, 0.1) is 0 Å². The number of hydrogen-bond donors (Lipinski definition) is 2. The van der Waals surface area contributed by atoms with Crippen molar-refractivity contribution < 1.29 is 0 Å². The molecular weight excluding hydrogens is 220 g/mol. The Hall–Kier alpha value is -0.730. The van der Waals surface area contributed by atoms with E-state index in [9.17, 15) is 0 Å². The van der Waals surface area contributed by atoms with Gasteiger partial charge in [-0.1, -0.05) is 18.2 Å². The summed E-state index contributed by atoms with van der Waals surface area (Å²) in [5.74, 6) is 0. The lowest BCUT2D eigenvalue weighted by atomic mass is 10.0. The van der Waals surface area contributed by atoms with Gasteiger partial charge in [-0.05, 0) is 44.9 Å². The van der Waals surface area contributed by atoms with Crippen molar-refractivity contribution in [2.45, 2.75) is 38.8 Å². The molecule has 3 heteroatoms. The van der Waals surface area contributed by atoms with E-state index in [2.05, 4.69) is 48.7 Å². The number of nitrogens with one attached hydrogen (secondary N) is 2. The number of para-hydroxylation sites is 1. The first-order valence-electron chi connectivity index (χ1n) is 5.86. The van der Waals surface area contributed by atoms with Crippen molar-refractivity contribution in [3.8, 4) is 0 Å². The van der Waals surface area contributed by atoms with Gasteiger partial charge >= 0.3 is 0 Å². The van der Waals surface area contributed by atoms with Crippen molar-refractivity contribution in [1.29, 1.82) is 0 Å². The molecule has 1 aliphatic heterocycles. The van der Waals surface area contributed by atoms with E-state index >= 15 is 0 Å². The summed E-state index contributed by atoms with van der Waals surface area (Å²) < 4.78 is 0. The Morgan fingerprint density at radius 3 is 2.69 bits per heavy atom. The first kappa shape index (κ1) is 13.3. The summed E-state index contributed by atoms with van der Waals surface area (Å²) in [6.45, 7) is 5.51. The predicted molar refractivity (Wildman–Crippen MR) is 72.4 cm³/mol. The standard InChI is InChI=1S/C13H20N2.ClH/c1-10(2)15-13-7-4-3-6-11(13)12-8-5-9-14-12;/h3-4,6-7,10,12,14-15H,5,8-9H2,1-2H3;1H/t12-;/m0./s1. The van der Waals surface area contributed by atoms with Crippen molar-refractivity contribution in [3.63, 3.8) is 0 Å². The summed E-state index contributed by atoms with van der Waals surface area (Å²) in [7, 11) is 0. The Labute approximate surface area is 104 Å². The molecule has 1 atom stereocenters. The second-order valence-electron chi connectivity index (χ2n) is 4.54. The van der Waals surface area contributed by atoms with E-state index in [-0.39, 0.29) is 12.4 Å². The van der Waals surface area contributed by atoms with Crippen LogP contribution in [-0.2, 0) is 0 Å². The fourth-order valence-corrected chi connectivity index (χ4v) is 2.19. The first-order valence-corrected chi connectivity index (χ1v) is 5.86. The summed E-state index contributed by atoms with van der Waals surface area (Å²) in [5.41, 5.74) is 2.70. The van der Waals surface area contributed by atoms with Gasteiger partial charge in [0.1, 0.15) is 0 Å². The molecule has 1 heterocycles. The maximum Gasteiger partial charge on any atom is 0.0390 e. The van der Waals surface area contributed by atoms with Crippen LogP contribution in [0.15, 0.2) is 24.3 Å². The Balaban J connectivity index is 0.00000128. The van der Waals surface area contributed by atoms with Gasteiger partial charge in [-0.2, -0.15) is 0 Å². The SMILES string of the molecule is CC(C)Nc1ccccc1[C@@H]1CCCN1.Cl. The zero-order chi connectivity index (χ0) is 10.7. The molecule has 0 unspecified atom stereocenters. The van der Waals surface area contributed by atoms with Crippen LogP contribution >= 0.6 is 12.4 Å². The largest absolute Gasteiger partial charge is 0.383 e. The molecule has 2 N–H and O–H groups in total. The van der Waals surface area contributed by atoms with Crippen LogP contribution in [0.5, 0.6) is 0 Å². The van der Waals surface area contributed by atoms with Gasteiger partial charge in [0.2, 0.25) is 0 Å². The lowest BCUT2D eigenvalue weighted by Gasteiger charge is -2.18. The molecule has 0 radical (unpaired) electrons. The van der Waals surface area contributed by atoms with Crippen LogP contribution in [-0.4, -0.2) is 12.6 Å². The van der Waals surface area contributed by atoms with Gasteiger partial charge in [-0.3, -0.25) is 0 Å². The third kappa shape index (κ3) is 3.13. The van der Waals surface area contributed by atoms with Crippen LogP contribution in [0.1, 0.15) is 38.3 Å². The maximum absolute atomic E-state index is 3.55. The van der Waals surface area contributed by atoms with Crippen LogP contribution in [0.25, 0.3) is 0 Å². The van der Waals surface area contributed by atoms with E-state index < -0.39 is 0 Å². The minimum atomic E-state index is 0. The molecule has 1 aromatic rings. The highest BCUT2D eigenvalue weighted by molar-refractivity contribution is 5.85. The van der Waals surface area contributed by atoms with Crippen LogP contribution in [0.2, 0.25) is 0 Å². The predicted octanol–water partition coefficient (Wildman–Crippen LogP) is 3.35. The molecule has 0 bridgehead atoms. The third-order valence-electron chi connectivity index (χ3n) is 2.84. The average molecular weight is 241 g/mol. The fraction of sp³-hybridized carbons (Fsp3) is 0.538. The van der Waals surface area contributed by atoms with Gasteiger partial charge < -0.3 is 10.6 Å². The molecule has 0 aromatic heterocycles. The second-order valence-corrected chi connectivity index (χ2v) is 4.54. The van der Waals surface area contributed by atoms with Crippen LogP contribution in [0.4, 0.5) is 5.69 Å². The zero-order valence-corrected chi connectivity index (χ0v) is 10.8. The molecule has 90 valence electrons. The van der Waals surface area contributed by atoms with Gasteiger partial charge in [0.25, 0.3) is 0 Å². The van der Waals surface area contributed by atoms with Crippen molar-refractivity contribution in [2.75, 3.05) is 11.9 Å². The zero-order valence-electron chi connectivity index (χ0n) is 9.99. The number of rotatable bonds is 3. The molecule has 0 saturated carbocycles. The number of hydrogen-bond acceptors (Lipinski definition) is 2. The van der Waals surface area contributed by atoms with Gasteiger partial charge in [0.15, 0.2) is 0 Å². The Morgan fingerprint density at radius 1 is 1.31 bits per heavy atom. The monoisotopic (exact) mass is 240 g/mol. The highest BCUT2D eigenvalue weighted by Crippen LogP contribution is 2.29. The molecule has 0 aliphatic carbocycles. The normalized spacial score (nSPS) is 19.6. The Kier molecular flexibility index (Phi) is 5.10. The summed E-state index contributed by atoms with van der Waals surface area (Å²) in [6.07, 6.45) is 2.55. The third-order valence-corrected chi connectivity index (χ3v) is 2.84. The molecular formula is C13H21ClN2. The van der Waals surface area contributed by atoms with Gasteiger partial charge in [0, 0.05) is 17.8 Å². The first-order chi connectivity index (χ1) is 7.27. The van der Waals surface area contributed by atoms with E-state index in [0.717, 1.165) is 6.54 Å². The maximum atomic E-state index is 3.55. The molecule has 1 saturated heterocycles. The molecule has 2 rings (SSSR count). The summed E-state index contributed by atoms with van der Waals surface area (Å²) in [6, 6.07) is 9.67. The quantitative estimate of drug-likeness (QED) is 0.847. The van der Waals surface area contributed by atoms with Crippen molar-refractivity contribution in [3.05, 3.63) is 29.8 Å². The van der Waals surface area contributed by atoms with E-state index in [0.29, 0.717) is 12.1 Å².